The summed E-state index contributed by atoms with van der Waals surface area (Å²) in [6.45, 7) is -0.469. The molecule has 0 spiro atoms. The molecule has 130 valence electrons. The molecule has 1 aliphatic carbocycles. The standard InChI is InChI=1S/C22H22F2O/c1-16-2-10-19(11-3-16)20-12-6-17(7-13-20)4-5-18-8-14-21(15-9-18)25-22(23)24/h6-9,12-16,19,22H,2-3,10-11H2,1H3/t16-,19-. The number of alkyl halides is 2. The molecule has 0 bridgehead atoms. The Kier molecular flexibility index (Phi) is 5.71. The normalized spacial score (nSPS) is 20.0. The van der Waals surface area contributed by atoms with Gasteiger partial charge in [0, 0.05) is 11.1 Å². The van der Waals surface area contributed by atoms with Gasteiger partial charge in [0.2, 0.25) is 0 Å². The van der Waals surface area contributed by atoms with Gasteiger partial charge in [0.1, 0.15) is 5.75 Å². The number of hydrogen-bond acceptors (Lipinski definition) is 1. The van der Waals surface area contributed by atoms with Crippen molar-refractivity contribution in [2.24, 2.45) is 5.92 Å². The van der Waals surface area contributed by atoms with Crippen LogP contribution in [-0.4, -0.2) is 6.61 Å². The summed E-state index contributed by atoms with van der Waals surface area (Å²) in [5, 5.41) is 0. The van der Waals surface area contributed by atoms with E-state index in [4.69, 9.17) is 0 Å². The number of halogens is 2. The molecule has 3 rings (SSSR count). The van der Waals surface area contributed by atoms with Gasteiger partial charge in [-0.05, 0) is 66.6 Å². The van der Waals surface area contributed by atoms with Crippen molar-refractivity contribution in [1.29, 1.82) is 0 Å². The van der Waals surface area contributed by atoms with E-state index in [0.717, 1.165) is 17.0 Å². The molecule has 0 aliphatic heterocycles. The molecule has 0 amide bonds. The SMILES string of the molecule is C[C@H]1CC[C@H](c2ccc(C#Cc3ccc(OC(F)F)cc3)cc2)CC1. The summed E-state index contributed by atoms with van der Waals surface area (Å²) in [7, 11) is 0. The van der Waals surface area contributed by atoms with Gasteiger partial charge in [0.25, 0.3) is 0 Å². The van der Waals surface area contributed by atoms with E-state index in [2.05, 4.69) is 47.8 Å². The van der Waals surface area contributed by atoms with Crippen LogP contribution in [0.15, 0.2) is 48.5 Å². The lowest BCUT2D eigenvalue weighted by atomic mass is 9.79. The van der Waals surface area contributed by atoms with Crippen LogP contribution < -0.4 is 4.74 Å². The van der Waals surface area contributed by atoms with Crippen LogP contribution in [-0.2, 0) is 0 Å². The first kappa shape index (κ1) is 17.5. The summed E-state index contributed by atoms with van der Waals surface area (Å²) in [4.78, 5) is 0. The summed E-state index contributed by atoms with van der Waals surface area (Å²) < 4.78 is 28.6. The minimum atomic E-state index is -2.80. The van der Waals surface area contributed by atoms with Crippen molar-refractivity contribution in [1.82, 2.24) is 0 Å². The van der Waals surface area contributed by atoms with Crippen molar-refractivity contribution >= 4 is 0 Å². The highest BCUT2D eigenvalue weighted by Gasteiger charge is 2.19. The average molecular weight is 340 g/mol. The first-order valence-electron chi connectivity index (χ1n) is 8.77. The van der Waals surface area contributed by atoms with E-state index in [9.17, 15) is 8.78 Å². The molecule has 1 saturated carbocycles. The third-order valence-corrected chi connectivity index (χ3v) is 4.83. The van der Waals surface area contributed by atoms with E-state index in [-0.39, 0.29) is 5.75 Å². The monoisotopic (exact) mass is 340 g/mol. The lowest BCUT2D eigenvalue weighted by molar-refractivity contribution is -0.0498. The lowest BCUT2D eigenvalue weighted by Crippen LogP contribution is -2.10. The molecule has 2 aromatic rings. The third-order valence-electron chi connectivity index (χ3n) is 4.83. The van der Waals surface area contributed by atoms with Crippen LogP contribution in [0.2, 0.25) is 0 Å². The van der Waals surface area contributed by atoms with Gasteiger partial charge < -0.3 is 4.74 Å². The zero-order chi connectivity index (χ0) is 17.6. The fourth-order valence-electron chi connectivity index (χ4n) is 3.30. The van der Waals surface area contributed by atoms with Crippen molar-refractivity contribution < 1.29 is 13.5 Å². The average Bonchev–Trinajstić information content (AvgIpc) is 2.62. The van der Waals surface area contributed by atoms with Gasteiger partial charge in [-0.3, -0.25) is 0 Å². The second-order valence-corrected chi connectivity index (χ2v) is 6.73. The largest absolute Gasteiger partial charge is 0.435 e. The van der Waals surface area contributed by atoms with Gasteiger partial charge in [-0.2, -0.15) is 8.78 Å². The summed E-state index contributed by atoms with van der Waals surface area (Å²) in [5.74, 6) is 7.86. The first-order valence-corrected chi connectivity index (χ1v) is 8.77. The van der Waals surface area contributed by atoms with Crippen molar-refractivity contribution in [3.8, 4) is 17.6 Å². The predicted molar refractivity (Wildman–Crippen MR) is 95.9 cm³/mol. The molecule has 3 heteroatoms. The van der Waals surface area contributed by atoms with E-state index in [1.54, 1.807) is 12.1 Å². The molecule has 0 heterocycles. The fraction of sp³-hybridized carbons (Fsp3) is 0.364. The Morgan fingerprint density at radius 3 is 1.88 bits per heavy atom. The van der Waals surface area contributed by atoms with Crippen molar-refractivity contribution in [2.75, 3.05) is 0 Å². The van der Waals surface area contributed by atoms with Crippen LogP contribution in [0, 0.1) is 17.8 Å². The van der Waals surface area contributed by atoms with Crippen molar-refractivity contribution in [3.63, 3.8) is 0 Å². The van der Waals surface area contributed by atoms with Crippen LogP contribution in [0.3, 0.4) is 0 Å². The second-order valence-electron chi connectivity index (χ2n) is 6.73. The van der Waals surface area contributed by atoms with Gasteiger partial charge in [-0.15, -0.1) is 0 Å². The minimum absolute atomic E-state index is 0.145. The predicted octanol–water partition coefficient (Wildman–Crippen LogP) is 5.98. The van der Waals surface area contributed by atoms with Gasteiger partial charge in [0.15, 0.2) is 0 Å². The van der Waals surface area contributed by atoms with Gasteiger partial charge in [-0.1, -0.05) is 43.7 Å². The van der Waals surface area contributed by atoms with Gasteiger partial charge in [0.05, 0.1) is 0 Å². The topological polar surface area (TPSA) is 9.23 Å². The maximum absolute atomic E-state index is 12.1. The number of ether oxygens (including phenoxy) is 1. The Morgan fingerprint density at radius 1 is 0.840 bits per heavy atom. The van der Waals surface area contributed by atoms with Gasteiger partial charge in [-0.25, -0.2) is 0 Å². The molecular weight excluding hydrogens is 318 g/mol. The minimum Gasteiger partial charge on any atom is -0.435 e. The summed E-state index contributed by atoms with van der Waals surface area (Å²) in [6, 6.07) is 14.9. The maximum Gasteiger partial charge on any atom is 0.387 e. The van der Waals surface area contributed by atoms with Crippen LogP contribution in [0.5, 0.6) is 5.75 Å². The fourth-order valence-corrected chi connectivity index (χ4v) is 3.30. The van der Waals surface area contributed by atoms with Crippen LogP contribution >= 0.6 is 0 Å². The molecule has 0 saturated heterocycles. The first-order chi connectivity index (χ1) is 12.1. The Bertz CT molecular complexity index is 730. The summed E-state index contributed by atoms with van der Waals surface area (Å²) >= 11 is 0. The molecule has 0 atom stereocenters. The summed E-state index contributed by atoms with van der Waals surface area (Å²) in [5.41, 5.74) is 3.14. The molecular formula is C22H22F2O. The molecule has 0 aromatic heterocycles. The third kappa shape index (κ3) is 5.06. The molecule has 0 unspecified atom stereocenters. The highest BCUT2D eigenvalue weighted by atomic mass is 19.3. The Labute approximate surface area is 148 Å². The maximum atomic E-state index is 12.1. The Hall–Kier alpha value is -2.34. The molecule has 2 aromatic carbocycles. The van der Waals surface area contributed by atoms with Crippen LogP contribution in [0.4, 0.5) is 8.78 Å². The lowest BCUT2D eigenvalue weighted by Gasteiger charge is -2.26. The number of hydrogen-bond donors (Lipinski definition) is 0. The second kappa shape index (κ2) is 8.16. The van der Waals surface area contributed by atoms with E-state index in [1.807, 2.05) is 0 Å². The molecule has 1 nitrogen and oxygen atoms in total. The highest BCUT2D eigenvalue weighted by Crippen LogP contribution is 2.35. The highest BCUT2D eigenvalue weighted by molar-refractivity contribution is 5.45. The molecule has 1 aliphatic rings. The number of benzene rings is 2. The van der Waals surface area contributed by atoms with E-state index < -0.39 is 6.61 Å². The Balaban J connectivity index is 1.63. The smallest absolute Gasteiger partial charge is 0.387 e. The quantitative estimate of drug-likeness (QED) is 0.624. The molecule has 25 heavy (non-hydrogen) atoms. The van der Waals surface area contributed by atoms with E-state index in [0.29, 0.717) is 5.92 Å². The van der Waals surface area contributed by atoms with Crippen LogP contribution in [0.25, 0.3) is 0 Å². The molecule has 0 N–H and O–H groups in total. The van der Waals surface area contributed by atoms with Crippen molar-refractivity contribution in [3.05, 3.63) is 65.2 Å². The van der Waals surface area contributed by atoms with E-state index in [1.165, 1.54) is 43.4 Å². The molecule has 1 fully saturated rings. The van der Waals surface area contributed by atoms with Gasteiger partial charge >= 0.3 is 6.61 Å². The zero-order valence-electron chi connectivity index (χ0n) is 14.3. The molecule has 0 radical (unpaired) electrons. The van der Waals surface area contributed by atoms with E-state index >= 15 is 0 Å². The van der Waals surface area contributed by atoms with Crippen LogP contribution in [0.1, 0.15) is 55.2 Å². The zero-order valence-corrected chi connectivity index (χ0v) is 14.3. The Morgan fingerprint density at radius 2 is 1.36 bits per heavy atom. The summed E-state index contributed by atoms with van der Waals surface area (Å²) in [6.07, 6.45) is 5.19. The van der Waals surface area contributed by atoms with Crippen molar-refractivity contribution in [2.45, 2.75) is 45.1 Å². The number of rotatable bonds is 3.